The molecule has 53 heavy (non-hydrogen) atoms. The first-order chi connectivity index (χ1) is 25.2. The lowest BCUT2D eigenvalue weighted by atomic mass is 10.1. The summed E-state index contributed by atoms with van der Waals surface area (Å²) < 4.78 is 28.8. The molecular weight excluding hydrogens is 789 g/mol. The van der Waals surface area contributed by atoms with E-state index in [9.17, 15) is 13.9 Å². The molecule has 0 radical (unpaired) electrons. The fraction of sp³-hybridized carbons (Fsp3) is 0.150. The topological polar surface area (TPSA) is 149 Å². The predicted octanol–water partition coefficient (Wildman–Crippen LogP) is 7.74. The summed E-state index contributed by atoms with van der Waals surface area (Å²) in [6.07, 6.45) is 17.5. The number of nitrogens with one attached hydrogen (secondary N) is 2. The highest BCUT2D eigenvalue weighted by atomic mass is 127. The van der Waals surface area contributed by atoms with Gasteiger partial charge in [-0.2, -0.15) is 0 Å². The van der Waals surface area contributed by atoms with Crippen LogP contribution in [0.5, 0.6) is 0 Å². The zero-order chi connectivity index (χ0) is 37.9. The number of pyridine rings is 6. The van der Waals surface area contributed by atoms with Crippen LogP contribution in [0.1, 0.15) is 33.3 Å². The molecule has 8 heterocycles. The first-order valence-corrected chi connectivity index (χ1v) is 17.1. The zero-order valence-corrected chi connectivity index (χ0v) is 31.0. The number of fused-ring (bicyclic) bond motifs is 6. The molecule has 0 saturated carbocycles. The molecule has 0 aliphatic heterocycles. The Morgan fingerprint density at radius 3 is 1.66 bits per heavy atom. The van der Waals surface area contributed by atoms with Crippen LogP contribution in [0.2, 0.25) is 0 Å². The number of aromatic nitrogens is 8. The smallest absolute Gasteiger partial charge is 0.157 e. The Labute approximate surface area is 316 Å². The van der Waals surface area contributed by atoms with Crippen molar-refractivity contribution >= 4 is 66.5 Å². The quantitative estimate of drug-likeness (QED) is 0.102. The van der Waals surface area contributed by atoms with E-state index in [4.69, 9.17) is 11.5 Å². The third-order valence-corrected chi connectivity index (χ3v) is 8.67. The van der Waals surface area contributed by atoms with Gasteiger partial charge in [0, 0.05) is 57.5 Å². The van der Waals surface area contributed by atoms with E-state index < -0.39 is 17.0 Å². The van der Waals surface area contributed by atoms with E-state index in [2.05, 4.69) is 57.6 Å². The number of terminal acetylenes is 1. The summed E-state index contributed by atoms with van der Waals surface area (Å²) in [5.74, 6) is 6.75. The van der Waals surface area contributed by atoms with Crippen molar-refractivity contribution in [2.75, 3.05) is 0 Å². The van der Waals surface area contributed by atoms with Crippen molar-refractivity contribution < 1.29 is 19.0 Å². The Morgan fingerprint density at radius 1 is 0.698 bits per heavy atom. The van der Waals surface area contributed by atoms with Gasteiger partial charge in [-0.25, -0.2) is 18.7 Å². The summed E-state index contributed by atoms with van der Waals surface area (Å²) in [7, 11) is 0. The van der Waals surface area contributed by atoms with Crippen LogP contribution >= 0.6 is 22.6 Å². The maximum atomic E-state index is 14.4. The highest BCUT2D eigenvalue weighted by Crippen LogP contribution is 2.32. The second-order valence-corrected chi connectivity index (χ2v) is 13.9. The summed E-state index contributed by atoms with van der Waals surface area (Å²) in [4.78, 5) is 31.6. The molecule has 4 N–H and O–H groups in total. The van der Waals surface area contributed by atoms with E-state index >= 15 is 0 Å². The maximum Gasteiger partial charge on any atom is 0.157 e. The molecule has 0 aliphatic carbocycles. The molecule has 264 valence electrons. The number of rotatable bonds is 2. The van der Waals surface area contributed by atoms with E-state index in [0.29, 0.717) is 20.3 Å². The van der Waals surface area contributed by atoms with Gasteiger partial charge in [0.2, 0.25) is 0 Å². The Hall–Kier alpha value is -5.87. The van der Waals surface area contributed by atoms with Gasteiger partial charge in [-0.15, -0.1) is 6.42 Å². The number of aliphatic hydroxyl groups is 2. The maximum absolute atomic E-state index is 14.4. The molecule has 0 amide bonds. The largest absolute Gasteiger partial charge is 0.378 e. The third kappa shape index (κ3) is 8.45. The monoisotopic (exact) mass is 820 g/mol. The van der Waals surface area contributed by atoms with E-state index in [1.165, 1.54) is 6.20 Å². The Bertz CT molecular complexity index is 2700. The minimum absolute atomic E-state index is 0.201. The van der Waals surface area contributed by atoms with E-state index in [0.717, 1.165) is 55.9 Å². The molecule has 0 saturated heterocycles. The summed E-state index contributed by atoms with van der Waals surface area (Å²) in [6.45, 7) is 6.23. The lowest BCUT2D eigenvalue weighted by Gasteiger charge is -2.06. The van der Waals surface area contributed by atoms with E-state index in [1.807, 2.05) is 59.0 Å². The molecule has 8 aromatic heterocycles. The highest BCUT2D eigenvalue weighted by Gasteiger charge is 2.17. The van der Waals surface area contributed by atoms with Gasteiger partial charge in [0.1, 0.15) is 22.5 Å². The molecule has 0 unspecified atom stereocenters. The van der Waals surface area contributed by atoms with Crippen molar-refractivity contribution in [3.8, 4) is 46.7 Å². The van der Waals surface area contributed by atoms with Crippen molar-refractivity contribution in [1.82, 2.24) is 39.9 Å². The Morgan fingerprint density at radius 2 is 1.19 bits per heavy atom. The van der Waals surface area contributed by atoms with Crippen LogP contribution in [0, 0.1) is 39.4 Å². The second-order valence-electron chi connectivity index (χ2n) is 12.8. The number of hydrogen-bond acceptors (Lipinski definition) is 8. The van der Waals surface area contributed by atoms with Gasteiger partial charge in [0.05, 0.1) is 56.3 Å². The lowest BCUT2D eigenvalue weighted by molar-refractivity contribution is 0.143. The van der Waals surface area contributed by atoms with E-state index in [-0.39, 0.29) is 11.4 Å². The van der Waals surface area contributed by atoms with Crippen molar-refractivity contribution in [2.24, 2.45) is 0 Å². The van der Waals surface area contributed by atoms with Crippen LogP contribution in [0.15, 0.2) is 86.0 Å². The SMILES string of the molecule is C#CC(C)(C)O.CC(C)(O)C#Cc1c(F)cnc2[nH]c3cnc(-c4cccnc4)cc3c12.Fc1cnc2[nH]c3cnc(-c4cccnc4)cc3c2c1I. The van der Waals surface area contributed by atoms with Gasteiger partial charge < -0.3 is 20.2 Å². The van der Waals surface area contributed by atoms with Crippen molar-refractivity contribution in [3.63, 3.8) is 0 Å². The number of halogens is 3. The number of nitrogens with zero attached hydrogens (tertiary/aromatic N) is 6. The zero-order valence-electron chi connectivity index (χ0n) is 28.9. The minimum Gasteiger partial charge on any atom is -0.378 e. The van der Waals surface area contributed by atoms with Gasteiger partial charge in [-0.3, -0.25) is 19.9 Å². The van der Waals surface area contributed by atoms with Crippen LogP contribution in [-0.4, -0.2) is 61.3 Å². The fourth-order valence-electron chi connectivity index (χ4n) is 5.11. The van der Waals surface area contributed by atoms with Crippen LogP contribution < -0.4 is 0 Å². The standard InChI is InChI=1S/C20H15FN4O.C15H8FIN4.C5H8O/c1-20(2,26)6-5-13-15(21)10-24-19-18(13)14-8-16(23-11-17(14)25-19)12-4-3-7-22-9-12;16-10-6-20-15-13(14(10)17)9-4-11(19-7-12(9)21-15)8-2-1-3-18-5-8;1-4-5(2,3)6/h3-4,7-11,26H,1-2H3,(H,24,25);1-7H,(H,20,21);1,6H,2-3H3. The number of aromatic amines is 2. The van der Waals surface area contributed by atoms with Gasteiger partial charge in [-0.1, -0.05) is 17.8 Å². The summed E-state index contributed by atoms with van der Waals surface area (Å²) in [5, 5.41) is 21.5. The normalized spacial score (nSPS) is 11.3. The Balaban J connectivity index is 0.000000160. The van der Waals surface area contributed by atoms with Gasteiger partial charge in [-0.05, 0) is 86.7 Å². The van der Waals surface area contributed by atoms with Crippen LogP contribution in [0.25, 0.3) is 66.4 Å². The molecular formula is C40H31F2IN8O2. The average Bonchev–Trinajstić information content (AvgIpc) is 3.71. The molecule has 0 aliphatic rings. The molecule has 0 atom stereocenters. The molecule has 8 aromatic rings. The summed E-state index contributed by atoms with van der Waals surface area (Å²) in [6, 6.07) is 11.3. The molecule has 0 fully saturated rings. The van der Waals surface area contributed by atoms with Crippen molar-refractivity contribution in [1.29, 1.82) is 0 Å². The fourth-order valence-corrected chi connectivity index (χ4v) is 5.80. The molecule has 10 nitrogen and oxygen atoms in total. The van der Waals surface area contributed by atoms with Crippen molar-refractivity contribution in [2.45, 2.75) is 38.9 Å². The van der Waals surface area contributed by atoms with Gasteiger partial charge >= 0.3 is 0 Å². The van der Waals surface area contributed by atoms with Crippen LogP contribution in [0.3, 0.4) is 0 Å². The molecule has 0 bridgehead atoms. The minimum atomic E-state index is -1.23. The molecule has 8 rings (SSSR count). The number of H-pyrrole nitrogens is 2. The average molecular weight is 821 g/mol. The predicted molar refractivity (Wildman–Crippen MR) is 210 cm³/mol. The van der Waals surface area contributed by atoms with Crippen molar-refractivity contribution in [3.05, 3.63) is 107 Å². The van der Waals surface area contributed by atoms with Gasteiger partial charge in [0.15, 0.2) is 11.6 Å². The number of hydrogen-bond donors (Lipinski definition) is 4. The van der Waals surface area contributed by atoms with Gasteiger partial charge in [0.25, 0.3) is 0 Å². The van der Waals surface area contributed by atoms with Crippen LogP contribution in [0.4, 0.5) is 8.78 Å². The lowest BCUT2D eigenvalue weighted by Crippen LogP contribution is -2.14. The van der Waals surface area contributed by atoms with Crippen LogP contribution in [-0.2, 0) is 0 Å². The highest BCUT2D eigenvalue weighted by molar-refractivity contribution is 14.1. The Kier molecular flexibility index (Phi) is 10.4. The third-order valence-electron chi connectivity index (χ3n) is 7.62. The molecule has 0 spiro atoms. The molecule has 13 heteroatoms. The second kappa shape index (κ2) is 15.0. The summed E-state index contributed by atoms with van der Waals surface area (Å²) >= 11 is 2.01. The first-order valence-electron chi connectivity index (χ1n) is 16.1. The molecule has 0 aromatic carbocycles. The first kappa shape index (κ1) is 36.9. The summed E-state index contributed by atoms with van der Waals surface area (Å²) in [5.41, 5.74) is 4.11. The van der Waals surface area contributed by atoms with E-state index in [1.54, 1.807) is 64.9 Å².